The fourth-order valence-electron chi connectivity index (χ4n) is 9.96. The number of allylic oxidation sites excluding steroid dienone is 2. The molecular formula is C30H50O5. The molecule has 0 heterocycles. The van der Waals surface area contributed by atoms with E-state index in [4.69, 9.17) is 0 Å². The van der Waals surface area contributed by atoms with Crippen LogP contribution in [-0.4, -0.2) is 50.6 Å². The summed E-state index contributed by atoms with van der Waals surface area (Å²) in [4.78, 5) is 14.0. The Balaban J connectivity index is 1.72. The van der Waals surface area contributed by atoms with E-state index in [2.05, 4.69) is 40.7 Å². The topological polar surface area (TPSA) is 98.0 Å². The summed E-state index contributed by atoms with van der Waals surface area (Å²) in [5, 5.41) is 44.7. The van der Waals surface area contributed by atoms with Gasteiger partial charge in [0.15, 0.2) is 0 Å². The molecule has 4 aliphatic carbocycles. The first kappa shape index (κ1) is 27.3. The van der Waals surface area contributed by atoms with E-state index in [1.165, 1.54) is 5.57 Å². The average molecular weight is 491 g/mol. The Hall–Kier alpha value is -0.750. The molecule has 0 spiro atoms. The van der Waals surface area contributed by atoms with Crippen LogP contribution in [0.2, 0.25) is 0 Å². The summed E-state index contributed by atoms with van der Waals surface area (Å²) in [6.07, 6.45) is 6.38. The smallest absolute Gasteiger partial charge is 0.137 e. The molecule has 4 fully saturated rings. The third-order valence-corrected chi connectivity index (χ3v) is 12.4. The predicted octanol–water partition coefficient (Wildman–Crippen LogP) is 4.65. The van der Waals surface area contributed by atoms with Gasteiger partial charge in [0.05, 0.1) is 24.4 Å². The molecule has 4 aliphatic rings. The van der Waals surface area contributed by atoms with Crippen LogP contribution in [0.5, 0.6) is 0 Å². The molecule has 200 valence electrons. The van der Waals surface area contributed by atoms with E-state index in [1.54, 1.807) is 0 Å². The standard InChI is InChI=1S/C30H50O5/c1-18(2)9-8-12-29(6,35)19-10-14-28(5)25(19)20(32)15-22-26(3)13-11-23(33)27(4,17-31)21(26)16-24(34)30(22,28)7/h9,19,21-25,31,33-35H,8,10-17H2,1-7H3/t19-,21+,22+,23-,24-,25-,26-,27-,28+,29-,30-/m0/s1. The zero-order valence-corrected chi connectivity index (χ0v) is 23.1. The molecule has 11 atom stereocenters. The minimum absolute atomic E-state index is 0.00903. The molecule has 5 heteroatoms. The van der Waals surface area contributed by atoms with Crippen LogP contribution in [0.15, 0.2) is 11.6 Å². The van der Waals surface area contributed by atoms with Crippen LogP contribution < -0.4 is 0 Å². The number of Topliss-reactive ketones (excluding diaryl/α,β-unsaturated/α-hetero) is 1. The van der Waals surface area contributed by atoms with Crippen LogP contribution in [0.4, 0.5) is 0 Å². The van der Waals surface area contributed by atoms with Crippen molar-refractivity contribution in [3.05, 3.63) is 11.6 Å². The molecule has 4 rings (SSSR count). The maximum absolute atomic E-state index is 14.0. The highest BCUT2D eigenvalue weighted by Gasteiger charge is 2.74. The summed E-state index contributed by atoms with van der Waals surface area (Å²) in [7, 11) is 0. The van der Waals surface area contributed by atoms with E-state index >= 15 is 0 Å². The first-order valence-corrected chi connectivity index (χ1v) is 13.9. The van der Waals surface area contributed by atoms with Crippen LogP contribution in [0.3, 0.4) is 0 Å². The molecule has 4 N–H and O–H groups in total. The molecule has 0 unspecified atom stereocenters. The average Bonchev–Trinajstić information content (AvgIpc) is 3.16. The molecule has 35 heavy (non-hydrogen) atoms. The van der Waals surface area contributed by atoms with Crippen molar-refractivity contribution >= 4 is 5.78 Å². The summed E-state index contributed by atoms with van der Waals surface area (Å²) < 4.78 is 0. The minimum Gasteiger partial charge on any atom is -0.396 e. The van der Waals surface area contributed by atoms with Gasteiger partial charge in [-0.3, -0.25) is 4.79 Å². The third-order valence-electron chi connectivity index (χ3n) is 12.4. The fraction of sp³-hybridized carbons (Fsp3) is 0.900. The van der Waals surface area contributed by atoms with Gasteiger partial charge in [-0.1, -0.05) is 39.3 Å². The van der Waals surface area contributed by atoms with Gasteiger partial charge < -0.3 is 20.4 Å². The van der Waals surface area contributed by atoms with Crippen LogP contribution in [0.25, 0.3) is 0 Å². The number of aliphatic hydroxyl groups excluding tert-OH is 3. The molecule has 0 saturated heterocycles. The summed E-state index contributed by atoms with van der Waals surface area (Å²) in [6.45, 7) is 14.6. The number of hydrogen-bond acceptors (Lipinski definition) is 5. The van der Waals surface area contributed by atoms with Gasteiger partial charge >= 0.3 is 0 Å². The molecule has 0 aromatic rings. The second-order valence-electron chi connectivity index (χ2n) is 14.3. The Kier molecular flexibility index (Phi) is 6.74. The van der Waals surface area contributed by atoms with E-state index in [-0.39, 0.29) is 41.5 Å². The normalized spacial score (nSPS) is 51.1. The van der Waals surface area contributed by atoms with E-state index < -0.39 is 34.1 Å². The molecule has 4 saturated carbocycles. The Morgan fingerprint density at radius 2 is 1.71 bits per heavy atom. The summed E-state index contributed by atoms with van der Waals surface area (Å²) in [5.74, 6) is -0.166. The fourth-order valence-corrected chi connectivity index (χ4v) is 9.96. The summed E-state index contributed by atoms with van der Waals surface area (Å²) in [5.41, 5.74) is -1.45. The van der Waals surface area contributed by atoms with Gasteiger partial charge in [0.2, 0.25) is 0 Å². The second kappa shape index (κ2) is 8.64. The van der Waals surface area contributed by atoms with Crippen molar-refractivity contribution in [3.8, 4) is 0 Å². The number of fused-ring (bicyclic) bond motifs is 5. The van der Waals surface area contributed by atoms with E-state index in [9.17, 15) is 25.2 Å². The Morgan fingerprint density at radius 1 is 1.06 bits per heavy atom. The van der Waals surface area contributed by atoms with E-state index in [0.29, 0.717) is 25.7 Å². The summed E-state index contributed by atoms with van der Waals surface area (Å²) >= 11 is 0. The zero-order chi connectivity index (χ0) is 26.2. The lowest BCUT2D eigenvalue weighted by molar-refractivity contribution is -0.264. The molecule has 5 nitrogen and oxygen atoms in total. The minimum atomic E-state index is -0.927. The van der Waals surface area contributed by atoms with Gasteiger partial charge in [0.25, 0.3) is 0 Å². The largest absolute Gasteiger partial charge is 0.396 e. The van der Waals surface area contributed by atoms with Crippen LogP contribution >= 0.6 is 0 Å². The van der Waals surface area contributed by atoms with E-state index in [1.807, 2.05) is 13.8 Å². The maximum atomic E-state index is 14.0. The molecular weight excluding hydrogens is 440 g/mol. The Morgan fingerprint density at radius 3 is 2.31 bits per heavy atom. The van der Waals surface area contributed by atoms with Gasteiger partial charge in [-0.15, -0.1) is 0 Å². The molecule has 0 aromatic carbocycles. The van der Waals surface area contributed by atoms with Crippen LogP contribution in [-0.2, 0) is 4.79 Å². The quantitative estimate of drug-likeness (QED) is 0.421. The van der Waals surface area contributed by atoms with Gasteiger partial charge in [-0.2, -0.15) is 0 Å². The molecule has 0 aliphatic heterocycles. The number of rotatable bonds is 5. The van der Waals surface area contributed by atoms with Crippen LogP contribution in [0.1, 0.15) is 99.8 Å². The maximum Gasteiger partial charge on any atom is 0.137 e. The first-order valence-electron chi connectivity index (χ1n) is 13.9. The first-order chi connectivity index (χ1) is 16.1. The van der Waals surface area contributed by atoms with Gasteiger partial charge in [-0.05, 0) is 94.3 Å². The number of carbonyl (C=O) groups excluding carboxylic acids is 1. The number of hydrogen-bond donors (Lipinski definition) is 4. The number of ketones is 1. The predicted molar refractivity (Wildman–Crippen MR) is 137 cm³/mol. The monoisotopic (exact) mass is 490 g/mol. The van der Waals surface area contributed by atoms with Crippen molar-refractivity contribution < 1.29 is 25.2 Å². The zero-order valence-electron chi connectivity index (χ0n) is 23.1. The Bertz CT molecular complexity index is 876. The Labute approximate surface area is 212 Å². The molecule has 0 amide bonds. The SMILES string of the molecule is CC(C)=CCC[C@](C)(O)[C@H]1CC[C@]2(C)[C@@H]1C(=O)C[C@@H]1[C@@]3(C)CC[C@H](O)[C@@](C)(CO)[C@@H]3C[C@H](O)[C@]12C. The van der Waals surface area contributed by atoms with Gasteiger partial charge in [-0.25, -0.2) is 0 Å². The number of carbonyl (C=O) groups is 1. The lowest BCUT2D eigenvalue weighted by Crippen LogP contribution is -2.70. The van der Waals surface area contributed by atoms with Crippen LogP contribution in [0, 0.1) is 45.3 Å². The van der Waals surface area contributed by atoms with Crippen molar-refractivity contribution in [1.29, 1.82) is 0 Å². The lowest BCUT2D eigenvalue weighted by Gasteiger charge is -2.70. The van der Waals surface area contributed by atoms with Crippen molar-refractivity contribution in [2.45, 2.75) is 118 Å². The lowest BCUT2D eigenvalue weighted by atomic mass is 9.34. The molecule has 0 aromatic heterocycles. The van der Waals surface area contributed by atoms with Gasteiger partial charge in [0.1, 0.15) is 5.78 Å². The highest BCUT2D eigenvalue weighted by atomic mass is 16.3. The van der Waals surface area contributed by atoms with Crippen molar-refractivity contribution in [1.82, 2.24) is 0 Å². The second-order valence-corrected chi connectivity index (χ2v) is 14.3. The summed E-state index contributed by atoms with van der Waals surface area (Å²) in [6, 6.07) is 0. The van der Waals surface area contributed by atoms with Crippen molar-refractivity contribution in [2.75, 3.05) is 6.61 Å². The van der Waals surface area contributed by atoms with Gasteiger partial charge in [0, 0.05) is 23.2 Å². The molecule has 0 bridgehead atoms. The van der Waals surface area contributed by atoms with Crippen molar-refractivity contribution in [3.63, 3.8) is 0 Å². The van der Waals surface area contributed by atoms with Crippen molar-refractivity contribution in [2.24, 2.45) is 45.3 Å². The highest BCUT2D eigenvalue weighted by Crippen LogP contribution is 2.75. The number of aliphatic hydroxyl groups is 4. The van der Waals surface area contributed by atoms with E-state index in [0.717, 1.165) is 25.7 Å². The third kappa shape index (κ3) is 3.66. The highest BCUT2D eigenvalue weighted by molar-refractivity contribution is 5.84. The molecule has 0 radical (unpaired) electrons.